The van der Waals surface area contributed by atoms with E-state index < -0.39 is 0 Å². The van der Waals surface area contributed by atoms with Crippen molar-refractivity contribution in [2.75, 3.05) is 57.9 Å². The average molecular weight is 537 g/mol. The summed E-state index contributed by atoms with van der Waals surface area (Å²) in [4.78, 5) is 14.5. The minimum atomic E-state index is 0. The van der Waals surface area contributed by atoms with Gasteiger partial charge in [0.1, 0.15) is 5.82 Å². The number of piperazine rings is 1. The Morgan fingerprint density at radius 1 is 1.21 bits per heavy atom. The lowest BCUT2D eigenvalue weighted by Crippen LogP contribution is -2.52. The molecule has 2 heterocycles. The van der Waals surface area contributed by atoms with Crippen LogP contribution in [-0.4, -0.2) is 73.2 Å². The second-order valence-electron chi connectivity index (χ2n) is 7.94. The monoisotopic (exact) mass is 536 g/mol. The van der Waals surface area contributed by atoms with Gasteiger partial charge in [-0.3, -0.25) is 4.99 Å². The summed E-state index contributed by atoms with van der Waals surface area (Å²) in [6.45, 7) is 10.8. The zero-order valence-corrected chi connectivity index (χ0v) is 21.3. The van der Waals surface area contributed by atoms with Crippen LogP contribution in [0.15, 0.2) is 4.99 Å². The zero-order chi connectivity index (χ0) is 19.8. The number of nitrogens with zero attached hydrogens (tertiary/aromatic N) is 5. The van der Waals surface area contributed by atoms with Crippen molar-refractivity contribution < 1.29 is 4.74 Å². The van der Waals surface area contributed by atoms with E-state index >= 15 is 0 Å². The van der Waals surface area contributed by atoms with Crippen molar-refractivity contribution >= 4 is 46.6 Å². The molecule has 1 aliphatic carbocycles. The summed E-state index contributed by atoms with van der Waals surface area (Å²) in [5.74, 6) is 2.02. The number of aliphatic imine (C=N–C) groups is 1. The summed E-state index contributed by atoms with van der Waals surface area (Å²) in [6.07, 6.45) is 7.25. The first-order valence-corrected chi connectivity index (χ1v) is 11.6. The van der Waals surface area contributed by atoms with Crippen molar-refractivity contribution in [3.05, 3.63) is 5.82 Å². The molecule has 2 fully saturated rings. The second kappa shape index (κ2) is 12.2. The molecular weight excluding hydrogens is 499 g/mol. The molecule has 0 aromatic carbocycles. The molecule has 1 aliphatic heterocycles. The summed E-state index contributed by atoms with van der Waals surface area (Å²) in [5.41, 5.74) is 0.335. The van der Waals surface area contributed by atoms with Gasteiger partial charge < -0.3 is 19.9 Å². The van der Waals surface area contributed by atoms with Crippen molar-refractivity contribution in [3.63, 3.8) is 0 Å². The Morgan fingerprint density at radius 2 is 1.93 bits per heavy atom. The van der Waals surface area contributed by atoms with E-state index in [9.17, 15) is 0 Å². The molecule has 1 saturated heterocycles. The Hall–Kier alpha value is -0.680. The first-order chi connectivity index (χ1) is 13.7. The van der Waals surface area contributed by atoms with Gasteiger partial charge in [0.2, 0.25) is 5.13 Å². The maximum atomic E-state index is 5.37. The lowest BCUT2D eigenvalue weighted by atomic mass is 9.83. The molecule has 1 aromatic heterocycles. The number of guanidine groups is 1. The van der Waals surface area contributed by atoms with Crippen molar-refractivity contribution in [2.24, 2.45) is 10.4 Å². The van der Waals surface area contributed by atoms with Crippen molar-refractivity contribution in [2.45, 2.75) is 52.4 Å². The number of aromatic nitrogens is 2. The highest BCUT2D eigenvalue weighted by Crippen LogP contribution is 2.41. The molecule has 0 atom stereocenters. The van der Waals surface area contributed by atoms with Crippen LogP contribution in [0.5, 0.6) is 0 Å². The zero-order valence-electron chi connectivity index (χ0n) is 18.2. The van der Waals surface area contributed by atoms with Gasteiger partial charge in [0.15, 0.2) is 5.96 Å². The van der Waals surface area contributed by atoms with E-state index in [-0.39, 0.29) is 24.0 Å². The van der Waals surface area contributed by atoms with Gasteiger partial charge in [-0.1, -0.05) is 19.8 Å². The van der Waals surface area contributed by atoms with Crippen LogP contribution in [0.3, 0.4) is 0 Å². The number of ether oxygens (including phenoxy) is 1. The van der Waals surface area contributed by atoms with Gasteiger partial charge in [0, 0.05) is 70.9 Å². The molecule has 0 amide bonds. The summed E-state index contributed by atoms with van der Waals surface area (Å²) in [5, 5.41) is 4.58. The fraction of sp³-hybridized carbons (Fsp3) is 0.850. The second-order valence-corrected chi connectivity index (χ2v) is 8.67. The number of anilines is 1. The SMILES string of the molecule is CCNC(=NCC1(CCOC)CCCC1)N1CCN(c2nc(CC)ns2)CC1.I. The first-order valence-electron chi connectivity index (χ1n) is 10.8. The third-order valence-electron chi connectivity index (χ3n) is 6.02. The molecule has 3 rings (SSSR count). The van der Waals surface area contributed by atoms with Crippen LogP contribution >= 0.6 is 35.5 Å². The van der Waals surface area contributed by atoms with Crippen LogP contribution < -0.4 is 10.2 Å². The predicted molar refractivity (Wildman–Crippen MR) is 132 cm³/mol. The van der Waals surface area contributed by atoms with Gasteiger partial charge in [-0.15, -0.1) is 24.0 Å². The van der Waals surface area contributed by atoms with Gasteiger partial charge in [-0.2, -0.15) is 4.37 Å². The predicted octanol–water partition coefficient (Wildman–Crippen LogP) is 3.40. The Bertz CT molecular complexity index is 626. The highest BCUT2D eigenvalue weighted by molar-refractivity contribution is 14.0. The molecule has 0 bridgehead atoms. The molecular formula is C20H37IN6OS. The smallest absolute Gasteiger partial charge is 0.205 e. The molecule has 1 N–H and O–H groups in total. The van der Waals surface area contributed by atoms with Gasteiger partial charge in [-0.05, 0) is 31.6 Å². The minimum absolute atomic E-state index is 0. The van der Waals surface area contributed by atoms with E-state index in [4.69, 9.17) is 9.73 Å². The summed E-state index contributed by atoms with van der Waals surface area (Å²) in [6, 6.07) is 0. The first kappa shape index (κ1) is 24.6. The normalized spacial score (nSPS) is 19.3. The Morgan fingerprint density at radius 3 is 2.52 bits per heavy atom. The largest absolute Gasteiger partial charge is 0.385 e. The van der Waals surface area contributed by atoms with Crippen LogP contribution in [0.2, 0.25) is 0 Å². The van der Waals surface area contributed by atoms with Crippen LogP contribution in [0.1, 0.15) is 51.8 Å². The number of methoxy groups -OCH3 is 1. The van der Waals surface area contributed by atoms with Gasteiger partial charge in [0.25, 0.3) is 0 Å². The van der Waals surface area contributed by atoms with Crippen molar-refractivity contribution in [1.82, 2.24) is 19.6 Å². The summed E-state index contributed by atoms with van der Waals surface area (Å²) < 4.78 is 9.80. The van der Waals surface area contributed by atoms with Crippen LogP contribution in [0.4, 0.5) is 5.13 Å². The number of hydrogen-bond donors (Lipinski definition) is 1. The minimum Gasteiger partial charge on any atom is -0.385 e. The van der Waals surface area contributed by atoms with E-state index in [1.807, 2.05) is 0 Å². The van der Waals surface area contributed by atoms with Crippen molar-refractivity contribution in [1.29, 1.82) is 0 Å². The van der Waals surface area contributed by atoms with Crippen molar-refractivity contribution in [3.8, 4) is 0 Å². The Labute approximate surface area is 196 Å². The maximum Gasteiger partial charge on any atom is 0.205 e. The highest BCUT2D eigenvalue weighted by atomic mass is 127. The number of halogens is 1. The number of hydrogen-bond acceptors (Lipinski definition) is 6. The molecule has 166 valence electrons. The lowest BCUT2D eigenvalue weighted by Gasteiger charge is -2.37. The molecule has 0 unspecified atom stereocenters. The molecule has 1 saturated carbocycles. The third-order valence-corrected chi connectivity index (χ3v) is 6.84. The lowest BCUT2D eigenvalue weighted by molar-refractivity contribution is 0.141. The van der Waals surface area contributed by atoms with Crippen LogP contribution in [0, 0.1) is 5.41 Å². The quantitative estimate of drug-likeness (QED) is 0.312. The van der Waals surface area contributed by atoms with Gasteiger partial charge in [0.05, 0.1) is 0 Å². The summed E-state index contributed by atoms with van der Waals surface area (Å²) >= 11 is 1.52. The highest BCUT2D eigenvalue weighted by Gasteiger charge is 2.33. The molecule has 0 radical (unpaired) electrons. The molecule has 2 aliphatic rings. The number of aryl methyl sites for hydroxylation is 1. The van der Waals surface area contributed by atoms with Crippen LogP contribution in [-0.2, 0) is 11.2 Å². The van der Waals surface area contributed by atoms with E-state index in [1.165, 1.54) is 37.2 Å². The van der Waals surface area contributed by atoms with E-state index in [0.29, 0.717) is 5.41 Å². The van der Waals surface area contributed by atoms with Crippen LogP contribution in [0.25, 0.3) is 0 Å². The van der Waals surface area contributed by atoms with Gasteiger partial charge in [-0.25, -0.2) is 4.98 Å². The molecule has 0 spiro atoms. The average Bonchev–Trinajstić information content (AvgIpc) is 3.40. The maximum absolute atomic E-state index is 5.37. The Kier molecular flexibility index (Phi) is 10.4. The van der Waals surface area contributed by atoms with Gasteiger partial charge >= 0.3 is 0 Å². The van der Waals surface area contributed by atoms with E-state index in [2.05, 4.69) is 38.3 Å². The topological polar surface area (TPSA) is 65.9 Å². The number of rotatable bonds is 8. The molecule has 29 heavy (non-hydrogen) atoms. The number of nitrogens with one attached hydrogen (secondary N) is 1. The third kappa shape index (κ3) is 6.65. The summed E-state index contributed by atoms with van der Waals surface area (Å²) in [7, 11) is 1.80. The Balaban J connectivity index is 0.00000300. The fourth-order valence-corrected chi connectivity index (χ4v) is 5.03. The van der Waals surface area contributed by atoms with E-state index in [1.54, 1.807) is 7.11 Å². The van der Waals surface area contributed by atoms with E-state index in [0.717, 1.165) is 75.6 Å². The molecule has 9 heteroatoms. The molecule has 1 aromatic rings. The molecule has 7 nitrogen and oxygen atoms in total. The fourth-order valence-electron chi connectivity index (χ4n) is 4.23. The standard InChI is InChI=1S/C20H36N6OS.HI/c1-4-17-23-19(28-24-17)26-13-11-25(12-14-26)18(21-5-2)22-16-20(10-15-27-3)8-6-7-9-20;/h4-16H2,1-3H3,(H,21,22);1H.